The lowest BCUT2D eigenvalue weighted by molar-refractivity contribution is 0.0696. The van der Waals surface area contributed by atoms with Gasteiger partial charge in [0.2, 0.25) is 0 Å². The Balaban J connectivity index is 2.28. The molecule has 20 heavy (non-hydrogen) atoms. The maximum atomic E-state index is 12.0. The van der Waals surface area contributed by atoms with Crippen LogP contribution in [0, 0.1) is 0 Å². The molecule has 4 nitrogen and oxygen atoms in total. The van der Waals surface area contributed by atoms with Crippen molar-refractivity contribution in [2.45, 2.75) is 0 Å². The van der Waals surface area contributed by atoms with Crippen molar-refractivity contribution in [2.75, 3.05) is 5.32 Å². The van der Waals surface area contributed by atoms with Gasteiger partial charge >= 0.3 is 5.97 Å². The molecular formula is C12H6BrCl2NO3S. The number of carbonyl (C=O) groups excluding carboxylic acids is 1. The van der Waals surface area contributed by atoms with E-state index in [2.05, 4.69) is 21.2 Å². The zero-order valence-electron chi connectivity index (χ0n) is 9.62. The molecule has 2 rings (SSSR count). The van der Waals surface area contributed by atoms with Crippen molar-refractivity contribution in [3.63, 3.8) is 0 Å². The molecule has 0 spiro atoms. The van der Waals surface area contributed by atoms with Gasteiger partial charge in [-0.15, -0.1) is 11.3 Å². The van der Waals surface area contributed by atoms with Crippen LogP contribution in [0.15, 0.2) is 28.7 Å². The van der Waals surface area contributed by atoms with E-state index in [0.29, 0.717) is 14.5 Å². The summed E-state index contributed by atoms with van der Waals surface area (Å²) in [6.07, 6.45) is 0. The topological polar surface area (TPSA) is 66.4 Å². The molecule has 104 valence electrons. The molecule has 0 aliphatic rings. The number of aromatic carboxylic acids is 1. The van der Waals surface area contributed by atoms with Crippen LogP contribution < -0.4 is 5.32 Å². The summed E-state index contributed by atoms with van der Waals surface area (Å²) in [6, 6.07) is 5.84. The highest BCUT2D eigenvalue weighted by molar-refractivity contribution is 9.10. The van der Waals surface area contributed by atoms with E-state index in [1.807, 2.05) is 0 Å². The maximum Gasteiger partial charge on any atom is 0.335 e. The number of amides is 1. The lowest BCUT2D eigenvalue weighted by atomic mass is 10.2. The number of halogens is 3. The highest BCUT2D eigenvalue weighted by Crippen LogP contribution is 2.31. The number of hydrogen-bond donors (Lipinski definition) is 2. The largest absolute Gasteiger partial charge is 0.478 e. The number of rotatable bonds is 3. The molecule has 0 fully saturated rings. The minimum atomic E-state index is -1.08. The van der Waals surface area contributed by atoms with Gasteiger partial charge in [-0.25, -0.2) is 4.79 Å². The van der Waals surface area contributed by atoms with Gasteiger partial charge in [0.1, 0.15) is 4.34 Å². The van der Waals surface area contributed by atoms with Crippen LogP contribution in [0.1, 0.15) is 20.7 Å². The van der Waals surface area contributed by atoms with Crippen molar-refractivity contribution in [3.05, 3.63) is 48.5 Å². The molecule has 1 heterocycles. The smallest absolute Gasteiger partial charge is 0.335 e. The van der Waals surface area contributed by atoms with Crippen molar-refractivity contribution in [1.29, 1.82) is 0 Å². The van der Waals surface area contributed by atoms with Crippen LogP contribution in [-0.2, 0) is 0 Å². The van der Waals surface area contributed by atoms with Crippen LogP contribution >= 0.6 is 50.5 Å². The molecule has 0 aliphatic heterocycles. The Morgan fingerprint density at radius 3 is 2.45 bits per heavy atom. The minimum Gasteiger partial charge on any atom is -0.478 e. The monoisotopic (exact) mass is 393 g/mol. The first-order valence-corrected chi connectivity index (χ1v) is 7.53. The summed E-state index contributed by atoms with van der Waals surface area (Å²) in [7, 11) is 0. The summed E-state index contributed by atoms with van der Waals surface area (Å²) in [4.78, 5) is 23.0. The van der Waals surface area contributed by atoms with Crippen LogP contribution in [-0.4, -0.2) is 17.0 Å². The number of anilines is 1. The van der Waals surface area contributed by atoms with Gasteiger partial charge in [0.15, 0.2) is 0 Å². The second-order valence-corrected chi connectivity index (χ2v) is 6.93. The van der Waals surface area contributed by atoms with Gasteiger partial charge in [-0.2, -0.15) is 0 Å². The molecule has 1 amide bonds. The summed E-state index contributed by atoms with van der Waals surface area (Å²) in [6.45, 7) is 0. The van der Waals surface area contributed by atoms with Crippen LogP contribution in [0.3, 0.4) is 0 Å². The number of benzene rings is 1. The van der Waals surface area contributed by atoms with Crippen LogP contribution in [0.4, 0.5) is 5.69 Å². The molecule has 0 unspecified atom stereocenters. The highest BCUT2D eigenvalue weighted by Gasteiger charge is 2.15. The zero-order chi connectivity index (χ0) is 14.9. The molecule has 0 aliphatic carbocycles. The summed E-state index contributed by atoms with van der Waals surface area (Å²) < 4.78 is 1.23. The van der Waals surface area contributed by atoms with Gasteiger partial charge in [-0.3, -0.25) is 4.79 Å². The molecule has 1 aromatic carbocycles. The normalized spacial score (nSPS) is 10.3. The third-order valence-corrected chi connectivity index (χ3v) is 4.25. The van der Waals surface area contributed by atoms with Gasteiger partial charge in [-0.1, -0.05) is 39.1 Å². The van der Waals surface area contributed by atoms with Crippen molar-refractivity contribution < 1.29 is 14.7 Å². The Labute approximate surface area is 136 Å². The highest BCUT2D eigenvalue weighted by atomic mass is 79.9. The summed E-state index contributed by atoms with van der Waals surface area (Å²) in [5, 5.41) is 11.5. The van der Waals surface area contributed by atoms with Crippen LogP contribution in [0.25, 0.3) is 0 Å². The van der Waals surface area contributed by atoms with E-state index < -0.39 is 11.9 Å². The standard InChI is InChI=1S/C12H6BrCl2NO3S/c13-6-1-5(12(18)19)2-7(3-6)16-11(17)8-4-9(14)20-10(8)15/h1-4H,(H,16,17)(H,18,19). The zero-order valence-corrected chi connectivity index (χ0v) is 13.5. The van der Waals surface area contributed by atoms with Crippen molar-refractivity contribution in [2.24, 2.45) is 0 Å². The van der Waals surface area contributed by atoms with Crippen molar-refractivity contribution >= 4 is 68.0 Å². The van der Waals surface area contributed by atoms with E-state index in [1.165, 1.54) is 18.2 Å². The molecule has 0 saturated carbocycles. The second kappa shape index (κ2) is 6.13. The lowest BCUT2D eigenvalue weighted by Crippen LogP contribution is -2.12. The third-order valence-electron chi connectivity index (χ3n) is 2.30. The summed E-state index contributed by atoms with van der Waals surface area (Å²) in [5.41, 5.74) is 0.655. The molecule has 0 radical (unpaired) electrons. The average Bonchev–Trinajstić information content (AvgIpc) is 2.67. The van der Waals surface area contributed by atoms with Crippen molar-refractivity contribution in [3.8, 4) is 0 Å². The van der Waals surface area contributed by atoms with Crippen molar-refractivity contribution in [1.82, 2.24) is 0 Å². The molecule has 0 bridgehead atoms. The fourth-order valence-corrected chi connectivity index (χ4v) is 3.43. The van der Waals surface area contributed by atoms with Gasteiger partial charge in [0.25, 0.3) is 5.91 Å². The quantitative estimate of drug-likeness (QED) is 0.787. The first kappa shape index (κ1) is 15.3. The Kier molecular flexibility index (Phi) is 4.70. The Morgan fingerprint density at radius 2 is 1.90 bits per heavy atom. The van der Waals surface area contributed by atoms with E-state index in [9.17, 15) is 9.59 Å². The molecule has 0 atom stereocenters. The van der Waals surface area contributed by atoms with E-state index in [1.54, 1.807) is 6.07 Å². The lowest BCUT2D eigenvalue weighted by Gasteiger charge is -2.06. The molecule has 2 aromatic rings. The summed E-state index contributed by atoms with van der Waals surface area (Å²) in [5.74, 6) is -1.54. The van der Waals surface area contributed by atoms with Gasteiger partial charge in [0, 0.05) is 10.2 Å². The number of carboxylic acids is 1. The van der Waals surface area contributed by atoms with Crippen LogP contribution in [0.2, 0.25) is 8.67 Å². The van der Waals surface area contributed by atoms with E-state index in [0.717, 1.165) is 11.3 Å². The first-order chi connectivity index (χ1) is 9.36. The van der Waals surface area contributed by atoms with Crippen LogP contribution in [0.5, 0.6) is 0 Å². The second-order valence-electron chi connectivity index (χ2n) is 3.73. The fraction of sp³-hybridized carbons (Fsp3) is 0. The predicted molar refractivity (Wildman–Crippen MR) is 83.4 cm³/mol. The van der Waals surface area contributed by atoms with Gasteiger partial charge in [0.05, 0.1) is 15.5 Å². The Hall–Kier alpha value is -1.08. The van der Waals surface area contributed by atoms with Gasteiger partial charge in [-0.05, 0) is 24.3 Å². The molecule has 1 aromatic heterocycles. The predicted octanol–water partition coefficient (Wildman–Crippen LogP) is 4.77. The van der Waals surface area contributed by atoms with Gasteiger partial charge < -0.3 is 10.4 Å². The molecule has 0 saturated heterocycles. The van der Waals surface area contributed by atoms with E-state index in [-0.39, 0.29) is 15.5 Å². The molecule has 2 N–H and O–H groups in total. The maximum absolute atomic E-state index is 12.0. The Bertz CT molecular complexity index is 702. The molecule has 8 heteroatoms. The number of hydrogen-bond acceptors (Lipinski definition) is 3. The number of thiophene rings is 1. The third kappa shape index (κ3) is 3.52. The fourth-order valence-electron chi connectivity index (χ4n) is 1.48. The number of carbonyl (C=O) groups is 2. The van der Waals surface area contributed by atoms with E-state index in [4.69, 9.17) is 28.3 Å². The SMILES string of the molecule is O=C(O)c1cc(Br)cc(NC(=O)c2cc(Cl)sc2Cl)c1. The average molecular weight is 395 g/mol. The Morgan fingerprint density at radius 1 is 1.20 bits per heavy atom. The number of carboxylic acid groups (broad SMARTS) is 1. The molecular weight excluding hydrogens is 389 g/mol. The first-order valence-electron chi connectivity index (χ1n) is 5.17. The number of nitrogens with one attached hydrogen (secondary N) is 1. The van der Waals surface area contributed by atoms with E-state index >= 15 is 0 Å². The minimum absolute atomic E-state index is 0.0594. The summed E-state index contributed by atoms with van der Waals surface area (Å²) >= 11 is 15.9.